The van der Waals surface area contributed by atoms with Crippen LogP contribution >= 0.6 is 11.8 Å². The van der Waals surface area contributed by atoms with Crippen LogP contribution in [0, 0.1) is 5.92 Å². The largest absolute Gasteiger partial charge is 0.508 e. The van der Waals surface area contributed by atoms with E-state index in [1.807, 2.05) is 6.07 Å². The van der Waals surface area contributed by atoms with Gasteiger partial charge in [0.15, 0.2) is 0 Å². The number of carboxylic acid groups (broad SMARTS) is 1. The number of phenols is 1. The van der Waals surface area contributed by atoms with E-state index in [1.165, 1.54) is 11.8 Å². The highest BCUT2D eigenvalue weighted by atomic mass is 32.2. The second-order valence-electron chi connectivity index (χ2n) is 4.78. The predicted octanol–water partition coefficient (Wildman–Crippen LogP) is 1.81. The maximum absolute atomic E-state index is 12.0. The molecule has 1 aliphatic heterocycles. The van der Waals surface area contributed by atoms with Gasteiger partial charge < -0.3 is 15.1 Å². The van der Waals surface area contributed by atoms with Crippen LogP contribution in [0.3, 0.4) is 0 Å². The summed E-state index contributed by atoms with van der Waals surface area (Å²) >= 11 is 1.38. The number of likely N-dealkylation sites (tertiary alicyclic amines) is 1. The van der Waals surface area contributed by atoms with Crippen molar-refractivity contribution in [2.24, 2.45) is 5.92 Å². The molecule has 0 aliphatic carbocycles. The van der Waals surface area contributed by atoms with Gasteiger partial charge in [-0.1, -0.05) is 6.07 Å². The van der Waals surface area contributed by atoms with E-state index < -0.39 is 5.97 Å². The highest BCUT2D eigenvalue weighted by molar-refractivity contribution is 8.00. The number of amides is 1. The number of hydrogen-bond donors (Lipinski definition) is 2. The van der Waals surface area contributed by atoms with Crippen LogP contribution in [0.4, 0.5) is 0 Å². The fourth-order valence-electron chi connectivity index (χ4n) is 2.19. The van der Waals surface area contributed by atoms with Gasteiger partial charge in [-0.05, 0) is 31.0 Å². The lowest BCUT2D eigenvalue weighted by atomic mass is 9.97. The minimum atomic E-state index is -0.772. The normalized spacial score (nSPS) is 16.1. The summed E-state index contributed by atoms with van der Waals surface area (Å²) in [4.78, 5) is 25.4. The number of carboxylic acids is 1. The molecule has 2 rings (SSSR count). The molecular formula is C14H17NO4S. The van der Waals surface area contributed by atoms with Crippen molar-refractivity contribution >= 4 is 23.6 Å². The van der Waals surface area contributed by atoms with Crippen molar-refractivity contribution in [3.05, 3.63) is 24.3 Å². The smallest absolute Gasteiger partial charge is 0.306 e. The Labute approximate surface area is 121 Å². The first kappa shape index (κ1) is 14.7. The predicted molar refractivity (Wildman–Crippen MR) is 75.8 cm³/mol. The number of carbonyl (C=O) groups is 2. The van der Waals surface area contributed by atoms with E-state index in [2.05, 4.69) is 0 Å². The molecule has 20 heavy (non-hydrogen) atoms. The summed E-state index contributed by atoms with van der Waals surface area (Å²) in [5, 5.41) is 18.3. The standard InChI is InChI=1S/C14H17NO4S/c16-11-2-1-3-12(8-11)20-9-13(17)15-6-4-10(5-7-15)14(18)19/h1-3,8,10,16H,4-7,9H2,(H,18,19). The Hall–Kier alpha value is -1.69. The van der Waals surface area contributed by atoms with Gasteiger partial charge in [0.05, 0.1) is 11.7 Å². The average Bonchev–Trinajstić information content (AvgIpc) is 2.45. The fraction of sp³-hybridized carbons (Fsp3) is 0.429. The zero-order chi connectivity index (χ0) is 14.5. The lowest BCUT2D eigenvalue weighted by Crippen LogP contribution is -2.41. The van der Waals surface area contributed by atoms with Crippen molar-refractivity contribution in [3.63, 3.8) is 0 Å². The topological polar surface area (TPSA) is 77.8 Å². The molecule has 0 unspecified atom stereocenters. The van der Waals surface area contributed by atoms with Gasteiger partial charge in [0, 0.05) is 18.0 Å². The second kappa shape index (κ2) is 6.65. The zero-order valence-corrected chi connectivity index (χ0v) is 11.8. The number of benzene rings is 1. The molecule has 0 aromatic heterocycles. The van der Waals surface area contributed by atoms with Crippen molar-refractivity contribution in [3.8, 4) is 5.75 Å². The third-order valence-electron chi connectivity index (χ3n) is 3.38. The van der Waals surface area contributed by atoms with Crippen LogP contribution in [0.2, 0.25) is 0 Å². The molecule has 0 bridgehead atoms. The van der Waals surface area contributed by atoms with Crippen molar-refractivity contribution in [2.75, 3.05) is 18.8 Å². The van der Waals surface area contributed by atoms with Gasteiger partial charge >= 0.3 is 5.97 Å². The third-order valence-corrected chi connectivity index (χ3v) is 4.36. The molecule has 2 N–H and O–H groups in total. The number of hydrogen-bond acceptors (Lipinski definition) is 4. The van der Waals surface area contributed by atoms with Gasteiger partial charge in [-0.25, -0.2) is 0 Å². The van der Waals surface area contributed by atoms with Gasteiger partial charge in [0.25, 0.3) is 0 Å². The summed E-state index contributed by atoms with van der Waals surface area (Å²) in [6, 6.07) is 6.78. The first-order chi connectivity index (χ1) is 9.56. The van der Waals surface area contributed by atoms with Crippen LogP contribution < -0.4 is 0 Å². The SMILES string of the molecule is O=C(O)C1CCN(C(=O)CSc2cccc(O)c2)CC1. The van der Waals surface area contributed by atoms with E-state index in [0.717, 1.165) is 4.90 Å². The first-order valence-corrected chi connectivity index (χ1v) is 7.47. The number of aromatic hydroxyl groups is 1. The lowest BCUT2D eigenvalue weighted by Gasteiger charge is -2.30. The maximum atomic E-state index is 12.0. The number of nitrogens with zero attached hydrogens (tertiary/aromatic N) is 1. The van der Waals surface area contributed by atoms with Crippen LogP contribution in [-0.2, 0) is 9.59 Å². The summed E-state index contributed by atoms with van der Waals surface area (Å²) in [5.41, 5.74) is 0. The molecule has 0 saturated carbocycles. The van der Waals surface area contributed by atoms with Gasteiger partial charge in [-0.3, -0.25) is 9.59 Å². The molecule has 1 aromatic carbocycles. The van der Waals surface area contributed by atoms with E-state index in [4.69, 9.17) is 5.11 Å². The number of phenolic OH excluding ortho intramolecular Hbond substituents is 1. The summed E-state index contributed by atoms with van der Waals surface area (Å²) in [6.45, 7) is 1.02. The summed E-state index contributed by atoms with van der Waals surface area (Å²) in [6.07, 6.45) is 1.05. The third kappa shape index (κ3) is 3.90. The van der Waals surface area contributed by atoms with E-state index in [-0.39, 0.29) is 17.6 Å². The van der Waals surface area contributed by atoms with Gasteiger partial charge in [-0.2, -0.15) is 0 Å². The van der Waals surface area contributed by atoms with E-state index in [0.29, 0.717) is 31.7 Å². The maximum Gasteiger partial charge on any atom is 0.306 e. The number of piperidine rings is 1. The summed E-state index contributed by atoms with van der Waals surface area (Å²) < 4.78 is 0. The fourth-order valence-corrected chi connectivity index (χ4v) is 3.04. The molecule has 0 atom stereocenters. The molecule has 108 valence electrons. The molecule has 1 amide bonds. The minimum Gasteiger partial charge on any atom is -0.508 e. The Kier molecular flexibility index (Phi) is 4.89. The van der Waals surface area contributed by atoms with E-state index in [9.17, 15) is 14.7 Å². The summed E-state index contributed by atoms with van der Waals surface area (Å²) in [5.74, 6) is -0.586. The number of rotatable bonds is 4. The summed E-state index contributed by atoms with van der Waals surface area (Å²) in [7, 11) is 0. The Bertz CT molecular complexity index is 498. The Balaban J connectivity index is 1.80. The lowest BCUT2D eigenvalue weighted by molar-refractivity contribution is -0.145. The van der Waals surface area contributed by atoms with Crippen LogP contribution in [-0.4, -0.2) is 45.8 Å². The number of thioether (sulfide) groups is 1. The molecule has 1 aliphatic rings. The van der Waals surface area contributed by atoms with Crippen LogP contribution in [0.25, 0.3) is 0 Å². The molecule has 1 aromatic rings. The van der Waals surface area contributed by atoms with E-state index in [1.54, 1.807) is 23.1 Å². The highest BCUT2D eigenvalue weighted by Gasteiger charge is 2.26. The molecule has 1 heterocycles. The molecule has 1 saturated heterocycles. The highest BCUT2D eigenvalue weighted by Crippen LogP contribution is 2.23. The molecule has 5 nitrogen and oxygen atoms in total. The molecule has 1 fully saturated rings. The molecular weight excluding hydrogens is 278 g/mol. The van der Waals surface area contributed by atoms with Gasteiger partial charge in [-0.15, -0.1) is 11.8 Å². The Morgan fingerprint density at radius 2 is 2.00 bits per heavy atom. The Morgan fingerprint density at radius 1 is 1.30 bits per heavy atom. The second-order valence-corrected chi connectivity index (χ2v) is 5.83. The Morgan fingerprint density at radius 3 is 2.60 bits per heavy atom. The number of carbonyl (C=O) groups excluding carboxylic acids is 1. The first-order valence-electron chi connectivity index (χ1n) is 6.48. The van der Waals surface area contributed by atoms with Crippen LogP contribution in [0.15, 0.2) is 29.2 Å². The van der Waals surface area contributed by atoms with Crippen molar-refractivity contribution < 1.29 is 19.8 Å². The number of aliphatic carboxylic acids is 1. The van der Waals surface area contributed by atoms with Crippen molar-refractivity contribution in [1.29, 1.82) is 0 Å². The van der Waals surface area contributed by atoms with Crippen molar-refractivity contribution in [1.82, 2.24) is 4.90 Å². The van der Waals surface area contributed by atoms with Crippen LogP contribution in [0.5, 0.6) is 5.75 Å². The van der Waals surface area contributed by atoms with Crippen molar-refractivity contribution in [2.45, 2.75) is 17.7 Å². The molecule has 6 heteroatoms. The zero-order valence-electron chi connectivity index (χ0n) is 11.0. The van der Waals surface area contributed by atoms with E-state index >= 15 is 0 Å². The van der Waals surface area contributed by atoms with Crippen LogP contribution in [0.1, 0.15) is 12.8 Å². The van der Waals surface area contributed by atoms with Gasteiger partial charge in [0.1, 0.15) is 5.75 Å². The quantitative estimate of drug-likeness (QED) is 0.828. The molecule has 0 spiro atoms. The van der Waals surface area contributed by atoms with Gasteiger partial charge in [0.2, 0.25) is 5.91 Å². The average molecular weight is 295 g/mol. The molecule has 0 radical (unpaired) electrons. The monoisotopic (exact) mass is 295 g/mol. The minimum absolute atomic E-state index is 0.0159.